The van der Waals surface area contributed by atoms with Gasteiger partial charge in [-0.05, 0) is 37.0 Å². The molecule has 0 aromatic carbocycles. The van der Waals surface area contributed by atoms with Gasteiger partial charge < -0.3 is 10.5 Å². The summed E-state index contributed by atoms with van der Waals surface area (Å²) in [6.07, 6.45) is 2.31. The Kier molecular flexibility index (Phi) is 3.24. The molecule has 3 heteroatoms. The Balaban J connectivity index is 2.14. The highest BCUT2D eigenvalue weighted by Crippen LogP contribution is 2.58. The van der Waals surface area contributed by atoms with Crippen LogP contribution in [0, 0.1) is 29.6 Å². The van der Waals surface area contributed by atoms with E-state index in [0.717, 1.165) is 18.3 Å². The molecule has 6 atom stereocenters. The summed E-state index contributed by atoms with van der Waals surface area (Å²) in [5, 5.41) is 0. The van der Waals surface area contributed by atoms with Gasteiger partial charge in [0, 0.05) is 6.04 Å². The van der Waals surface area contributed by atoms with Crippen LogP contribution < -0.4 is 5.73 Å². The summed E-state index contributed by atoms with van der Waals surface area (Å²) >= 11 is 0. The largest absolute Gasteiger partial charge is 0.466 e. The van der Waals surface area contributed by atoms with E-state index < -0.39 is 0 Å². The molecule has 0 amide bonds. The van der Waals surface area contributed by atoms with E-state index in [1.54, 1.807) is 0 Å². The fourth-order valence-corrected chi connectivity index (χ4v) is 3.62. The number of ether oxygens (including phenoxy) is 1. The van der Waals surface area contributed by atoms with Crippen molar-refractivity contribution in [1.82, 2.24) is 0 Å². The smallest absolute Gasteiger partial charge is 0.310 e. The number of esters is 1. The van der Waals surface area contributed by atoms with Gasteiger partial charge in [0.25, 0.3) is 0 Å². The molecule has 0 bridgehead atoms. The standard InChI is InChI=1S/C13H23NO2/c1-4-8-10-6-9(10)7(3)12(14)11(8)13(15)16-5-2/h7-12H,4-6,14H2,1-3H3/t7-,8+,9-,10+,11+,12+/m1/s1. The first-order valence-electron chi connectivity index (χ1n) is 6.54. The molecule has 2 aliphatic carbocycles. The molecule has 0 radical (unpaired) electrons. The zero-order valence-corrected chi connectivity index (χ0v) is 10.5. The van der Waals surface area contributed by atoms with Crippen molar-refractivity contribution in [3.63, 3.8) is 0 Å². The van der Waals surface area contributed by atoms with E-state index in [9.17, 15) is 4.79 Å². The molecule has 2 rings (SSSR count). The van der Waals surface area contributed by atoms with Crippen LogP contribution in [0.25, 0.3) is 0 Å². The highest BCUT2D eigenvalue weighted by atomic mass is 16.5. The van der Waals surface area contributed by atoms with Crippen LogP contribution >= 0.6 is 0 Å². The lowest BCUT2D eigenvalue weighted by Gasteiger charge is -2.37. The van der Waals surface area contributed by atoms with E-state index in [4.69, 9.17) is 10.5 Å². The molecule has 2 saturated carbocycles. The van der Waals surface area contributed by atoms with Gasteiger partial charge >= 0.3 is 5.97 Å². The lowest BCUT2D eigenvalue weighted by Crippen LogP contribution is -2.49. The van der Waals surface area contributed by atoms with Crippen LogP contribution in [-0.2, 0) is 9.53 Å². The second-order valence-electron chi connectivity index (χ2n) is 5.35. The van der Waals surface area contributed by atoms with Crippen LogP contribution in [0.1, 0.15) is 33.6 Å². The van der Waals surface area contributed by atoms with E-state index in [2.05, 4.69) is 13.8 Å². The molecule has 0 saturated heterocycles. The van der Waals surface area contributed by atoms with Gasteiger partial charge in [0.15, 0.2) is 0 Å². The van der Waals surface area contributed by atoms with Crippen molar-refractivity contribution >= 4 is 5.97 Å². The number of hydrogen-bond acceptors (Lipinski definition) is 3. The van der Waals surface area contributed by atoms with Crippen molar-refractivity contribution < 1.29 is 9.53 Å². The third-order valence-corrected chi connectivity index (χ3v) is 4.63. The van der Waals surface area contributed by atoms with E-state index in [0.29, 0.717) is 18.4 Å². The van der Waals surface area contributed by atoms with Crippen molar-refractivity contribution in [2.45, 2.75) is 39.7 Å². The van der Waals surface area contributed by atoms with Crippen LogP contribution in [0.2, 0.25) is 0 Å². The minimum atomic E-state index is -0.0703. The molecule has 0 heterocycles. The van der Waals surface area contributed by atoms with Gasteiger partial charge in [0.05, 0.1) is 12.5 Å². The molecule has 0 spiro atoms. The lowest BCUT2D eigenvalue weighted by atomic mass is 9.70. The summed E-state index contributed by atoms with van der Waals surface area (Å²) in [5.74, 6) is 2.29. The van der Waals surface area contributed by atoms with Gasteiger partial charge in [-0.15, -0.1) is 0 Å². The van der Waals surface area contributed by atoms with Gasteiger partial charge in [-0.25, -0.2) is 0 Å². The summed E-state index contributed by atoms with van der Waals surface area (Å²) in [5.41, 5.74) is 6.24. The van der Waals surface area contributed by atoms with E-state index in [1.807, 2.05) is 6.92 Å². The molecule has 16 heavy (non-hydrogen) atoms. The molecule has 2 aliphatic rings. The lowest BCUT2D eigenvalue weighted by molar-refractivity contribution is -0.153. The molecule has 2 N–H and O–H groups in total. The molecule has 0 unspecified atom stereocenters. The van der Waals surface area contributed by atoms with Crippen molar-refractivity contribution in [3.8, 4) is 0 Å². The Hall–Kier alpha value is -0.570. The highest BCUT2D eigenvalue weighted by Gasteiger charge is 2.57. The number of carbonyl (C=O) groups is 1. The number of nitrogens with two attached hydrogens (primary N) is 1. The monoisotopic (exact) mass is 225 g/mol. The van der Waals surface area contributed by atoms with Crippen molar-refractivity contribution in [2.75, 3.05) is 6.61 Å². The van der Waals surface area contributed by atoms with Gasteiger partial charge in [0.2, 0.25) is 0 Å². The van der Waals surface area contributed by atoms with Crippen molar-refractivity contribution in [3.05, 3.63) is 0 Å². The first-order chi connectivity index (χ1) is 7.61. The maximum atomic E-state index is 12.0. The molecule has 0 aliphatic heterocycles. The van der Waals surface area contributed by atoms with Crippen molar-refractivity contribution in [1.29, 1.82) is 0 Å². The number of rotatable bonds is 3. The third kappa shape index (κ3) is 1.75. The summed E-state index contributed by atoms with van der Waals surface area (Å²) in [6.45, 7) is 6.67. The third-order valence-electron chi connectivity index (χ3n) is 4.63. The number of hydrogen-bond donors (Lipinski definition) is 1. The Morgan fingerprint density at radius 3 is 2.62 bits per heavy atom. The second kappa shape index (κ2) is 4.36. The predicted molar refractivity (Wildman–Crippen MR) is 62.6 cm³/mol. The van der Waals surface area contributed by atoms with Gasteiger partial charge in [-0.3, -0.25) is 4.79 Å². The maximum absolute atomic E-state index is 12.0. The topological polar surface area (TPSA) is 52.3 Å². The maximum Gasteiger partial charge on any atom is 0.310 e. The first kappa shape index (κ1) is 11.9. The Morgan fingerprint density at radius 1 is 1.38 bits per heavy atom. The van der Waals surface area contributed by atoms with Crippen LogP contribution in [0.4, 0.5) is 0 Å². The SMILES string of the molecule is CCOC(=O)[C@@H]1[C@@H](N)[C@H](C)[C@H]2C[C@H]2[C@@H]1CC. The summed E-state index contributed by atoms with van der Waals surface area (Å²) in [6, 6.07) is -0.00671. The Bertz CT molecular complexity index is 279. The second-order valence-corrected chi connectivity index (χ2v) is 5.35. The zero-order chi connectivity index (χ0) is 11.9. The summed E-state index contributed by atoms with van der Waals surface area (Å²) in [7, 11) is 0. The normalized spacial score (nSPS) is 46.0. The predicted octanol–water partition coefficient (Wildman–Crippen LogP) is 1.80. The fraction of sp³-hybridized carbons (Fsp3) is 0.923. The molecular weight excluding hydrogens is 202 g/mol. The van der Waals surface area contributed by atoms with Crippen LogP contribution in [0.15, 0.2) is 0 Å². The molecule has 3 nitrogen and oxygen atoms in total. The summed E-state index contributed by atoms with van der Waals surface area (Å²) in [4.78, 5) is 12.0. The molecule has 92 valence electrons. The van der Waals surface area contributed by atoms with Crippen LogP contribution in [0.5, 0.6) is 0 Å². The van der Waals surface area contributed by atoms with Gasteiger partial charge in [0.1, 0.15) is 0 Å². The fourth-order valence-electron chi connectivity index (χ4n) is 3.62. The number of fused-ring (bicyclic) bond motifs is 1. The van der Waals surface area contributed by atoms with E-state index >= 15 is 0 Å². The van der Waals surface area contributed by atoms with E-state index in [-0.39, 0.29) is 17.9 Å². The molecule has 0 aromatic heterocycles. The Morgan fingerprint density at radius 2 is 2.06 bits per heavy atom. The average molecular weight is 225 g/mol. The van der Waals surface area contributed by atoms with Gasteiger partial charge in [-0.1, -0.05) is 20.3 Å². The molecular formula is C13H23NO2. The molecule has 2 fully saturated rings. The zero-order valence-electron chi connectivity index (χ0n) is 10.5. The minimum absolute atomic E-state index is 0.00671. The minimum Gasteiger partial charge on any atom is -0.466 e. The summed E-state index contributed by atoms with van der Waals surface area (Å²) < 4.78 is 5.18. The van der Waals surface area contributed by atoms with Gasteiger partial charge in [-0.2, -0.15) is 0 Å². The average Bonchev–Trinajstić information content (AvgIpc) is 3.03. The Labute approximate surface area is 97.7 Å². The highest BCUT2D eigenvalue weighted by molar-refractivity contribution is 5.74. The first-order valence-corrected chi connectivity index (χ1v) is 6.54. The quantitative estimate of drug-likeness (QED) is 0.745. The van der Waals surface area contributed by atoms with E-state index in [1.165, 1.54) is 6.42 Å². The van der Waals surface area contributed by atoms with Crippen LogP contribution in [-0.4, -0.2) is 18.6 Å². The van der Waals surface area contributed by atoms with Crippen molar-refractivity contribution in [2.24, 2.45) is 35.3 Å². The number of carbonyl (C=O) groups excluding carboxylic acids is 1. The molecule has 0 aromatic rings. The van der Waals surface area contributed by atoms with Crippen LogP contribution in [0.3, 0.4) is 0 Å².